The van der Waals surface area contributed by atoms with Crippen molar-refractivity contribution in [2.24, 2.45) is 0 Å². The minimum absolute atomic E-state index is 0.248. The molecule has 10 nitrogen and oxygen atoms in total. The van der Waals surface area contributed by atoms with Crippen molar-refractivity contribution < 1.29 is 47.7 Å². The van der Waals surface area contributed by atoms with Crippen molar-refractivity contribution in [3.63, 3.8) is 0 Å². The third-order valence-corrected chi connectivity index (χ3v) is 8.03. The molecule has 0 radical (unpaired) electrons. The molecule has 0 saturated carbocycles. The van der Waals surface area contributed by atoms with E-state index in [9.17, 15) is 28.8 Å². The normalized spacial score (nSPS) is 9.74. The van der Waals surface area contributed by atoms with Crippen molar-refractivity contribution in [3.05, 3.63) is 187 Å². The van der Waals surface area contributed by atoms with Gasteiger partial charge in [0.15, 0.2) is 11.5 Å². The van der Waals surface area contributed by atoms with Crippen LogP contribution in [0.2, 0.25) is 10.0 Å². The molecule has 6 aromatic rings. The highest BCUT2D eigenvalue weighted by molar-refractivity contribution is 9.10. The lowest BCUT2D eigenvalue weighted by Gasteiger charge is -1.97. The molecule has 1 aliphatic heterocycles. The van der Waals surface area contributed by atoms with Crippen LogP contribution in [0.25, 0.3) is 0 Å². The second-order valence-electron chi connectivity index (χ2n) is 11.0. The van der Waals surface area contributed by atoms with E-state index in [-0.39, 0.29) is 6.79 Å². The van der Waals surface area contributed by atoms with Crippen LogP contribution in [0.4, 0.5) is 0 Å². The molecule has 1 heterocycles. The maximum Gasteiger partial charge on any atom is 0.231 e. The summed E-state index contributed by atoms with van der Waals surface area (Å²) in [7, 11) is 3.17. The Morgan fingerprint density at radius 3 is 1.36 bits per heavy atom. The summed E-state index contributed by atoms with van der Waals surface area (Å²) in [6, 6.07) is 39.7. The summed E-state index contributed by atoms with van der Waals surface area (Å²) in [4.78, 5) is 61.0. The van der Waals surface area contributed by atoms with Crippen LogP contribution < -0.4 is 18.9 Å². The molecule has 6 aromatic carbocycles. The van der Waals surface area contributed by atoms with Gasteiger partial charge in [0.25, 0.3) is 0 Å². The Labute approximate surface area is 354 Å². The first-order valence-corrected chi connectivity index (χ1v) is 18.3. The summed E-state index contributed by atoms with van der Waals surface area (Å²) < 4.78 is 20.9. The highest BCUT2D eigenvalue weighted by atomic mass is 79.9. The number of fused-ring (bicyclic) bond motifs is 1. The first-order chi connectivity index (χ1) is 28.1. The van der Waals surface area contributed by atoms with Gasteiger partial charge < -0.3 is 18.9 Å². The molecule has 0 atom stereocenters. The molecule has 0 aromatic heterocycles. The molecule has 0 saturated heterocycles. The number of carbonyl (C=O) groups excluding carboxylic acids is 6. The molecule has 0 unspecified atom stereocenters. The number of benzene rings is 6. The third kappa shape index (κ3) is 19.0. The van der Waals surface area contributed by atoms with Crippen molar-refractivity contribution in [2.45, 2.75) is 0 Å². The molecule has 0 amide bonds. The molecule has 0 bridgehead atoms. The Morgan fingerprint density at radius 2 is 0.879 bits per heavy atom. The predicted octanol–water partition coefficient (Wildman–Crippen LogP) is 10.8. The lowest BCUT2D eigenvalue weighted by Crippen LogP contribution is -1.92. The number of aldehydes is 6. The van der Waals surface area contributed by atoms with E-state index < -0.39 is 0 Å². The van der Waals surface area contributed by atoms with Gasteiger partial charge in [-0.15, -0.1) is 0 Å². The maximum atomic E-state index is 10.3. The van der Waals surface area contributed by atoms with E-state index in [1.165, 1.54) is 0 Å². The Balaban J connectivity index is 0.000000241. The summed E-state index contributed by atoms with van der Waals surface area (Å²) in [6.45, 7) is 0.248. The quantitative estimate of drug-likeness (QED) is 0.136. The zero-order valence-electron chi connectivity index (χ0n) is 31.2. The van der Waals surface area contributed by atoms with E-state index in [4.69, 9.17) is 42.1 Å². The summed E-state index contributed by atoms with van der Waals surface area (Å²) >= 11 is 14.4. The number of hydrogen-bond donors (Lipinski definition) is 0. The van der Waals surface area contributed by atoms with E-state index in [2.05, 4.69) is 15.9 Å². The van der Waals surface area contributed by atoms with Crippen LogP contribution in [-0.4, -0.2) is 58.7 Å². The van der Waals surface area contributed by atoms with E-state index >= 15 is 0 Å². The lowest BCUT2D eigenvalue weighted by atomic mass is 10.2. The minimum Gasteiger partial charge on any atom is -0.497 e. The highest BCUT2D eigenvalue weighted by Gasteiger charge is 2.12. The van der Waals surface area contributed by atoms with Gasteiger partial charge in [0.2, 0.25) is 6.79 Å². The van der Waals surface area contributed by atoms with Crippen molar-refractivity contribution >= 4 is 76.8 Å². The van der Waals surface area contributed by atoms with E-state index in [0.717, 1.165) is 47.9 Å². The molecular weight excluding hydrogens is 851 g/mol. The molecule has 7 rings (SSSR count). The van der Waals surface area contributed by atoms with Gasteiger partial charge in [-0.25, -0.2) is 0 Å². The van der Waals surface area contributed by atoms with E-state index in [0.29, 0.717) is 60.7 Å². The van der Waals surface area contributed by atoms with Crippen LogP contribution in [0.5, 0.6) is 23.0 Å². The van der Waals surface area contributed by atoms with Crippen LogP contribution in [-0.2, 0) is 0 Å². The van der Waals surface area contributed by atoms with Crippen LogP contribution in [0.1, 0.15) is 62.1 Å². The van der Waals surface area contributed by atoms with Gasteiger partial charge >= 0.3 is 0 Å². The first-order valence-electron chi connectivity index (χ1n) is 16.8. The molecule has 0 spiro atoms. The topological polar surface area (TPSA) is 139 Å². The Hall–Kier alpha value is -6.40. The molecule has 0 N–H and O–H groups in total. The highest BCUT2D eigenvalue weighted by Crippen LogP contribution is 2.31. The molecule has 0 fully saturated rings. The minimum atomic E-state index is 0.248. The standard InChI is InChI=1S/C8H6O3.2C8H8O2.C7H5BrO.2C7H5ClO/c9-4-6-1-2-7-8(3-6)11-5-10-7;1-10-8-4-2-7(6-9)3-5-8;1-10-8-4-2-3-7(5-8)6-9;2*8-7-3-1-6(5-9)2-4-7;8-7-3-1-2-6(4-7)5-9/h1-4H,5H2;2*2-6H,1H3;3*1-5H. The Bertz CT molecular complexity index is 2130. The third-order valence-electron chi connectivity index (χ3n) is 7.01. The van der Waals surface area contributed by atoms with Crippen LogP contribution in [0.15, 0.2) is 144 Å². The van der Waals surface area contributed by atoms with Crippen LogP contribution in [0.3, 0.4) is 0 Å². The van der Waals surface area contributed by atoms with Gasteiger partial charge in [-0.3, -0.25) is 28.8 Å². The zero-order chi connectivity index (χ0) is 42.5. The van der Waals surface area contributed by atoms with Gasteiger partial charge in [-0.2, -0.15) is 0 Å². The SMILES string of the molecule is COc1ccc(C=O)cc1.COc1cccc(C=O)c1.O=Cc1ccc(Br)cc1.O=Cc1ccc(Cl)cc1.O=Cc1ccc2c(c1)OCO2.O=Cc1cccc(Cl)c1. The first kappa shape index (κ1) is 47.8. The van der Waals surface area contributed by atoms with Crippen LogP contribution in [0, 0.1) is 0 Å². The molecule has 58 heavy (non-hydrogen) atoms. The lowest BCUT2D eigenvalue weighted by molar-refractivity contribution is 0.111. The number of rotatable bonds is 8. The second kappa shape index (κ2) is 28.1. The second-order valence-corrected chi connectivity index (χ2v) is 12.8. The van der Waals surface area contributed by atoms with Crippen molar-refractivity contribution in [3.8, 4) is 23.0 Å². The molecule has 13 heteroatoms. The molecular formula is C45H37BrCl2O10. The fraction of sp³-hybridized carbons (Fsp3) is 0.0667. The van der Waals surface area contributed by atoms with Crippen molar-refractivity contribution in [1.82, 2.24) is 0 Å². The summed E-state index contributed by atoms with van der Waals surface area (Å²) in [6.07, 6.45) is 4.76. The zero-order valence-corrected chi connectivity index (χ0v) is 34.3. The van der Waals surface area contributed by atoms with E-state index in [1.807, 2.05) is 12.1 Å². The number of hydrogen-bond acceptors (Lipinski definition) is 10. The fourth-order valence-corrected chi connectivity index (χ4v) is 4.64. The molecule has 0 aliphatic carbocycles. The number of methoxy groups -OCH3 is 2. The Morgan fingerprint density at radius 1 is 0.448 bits per heavy atom. The number of ether oxygens (including phenoxy) is 4. The average molecular weight is 889 g/mol. The summed E-state index contributed by atoms with van der Waals surface area (Å²) in [5.41, 5.74) is 3.88. The van der Waals surface area contributed by atoms with Crippen LogP contribution >= 0.6 is 39.1 Å². The number of halogens is 3. The van der Waals surface area contributed by atoms with Gasteiger partial charge in [-0.1, -0.05) is 87.7 Å². The van der Waals surface area contributed by atoms with Crippen molar-refractivity contribution in [1.29, 1.82) is 0 Å². The van der Waals surface area contributed by atoms with Gasteiger partial charge in [0.1, 0.15) is 49.2 Å². The maximum absolute atomic E-state index is 10.3. The van der Waals surface area contributed by atoms with E-state index in [1.54, 1.807) is 142 Å². The van der Waals surface area contributed by atoms with Gasteiger partial charge in [-0.05, 0) is 91.0 Å². The fourth-order valence-electron chi connectivity index (χ4n) is 4.05. The van der Waals surface area contributed by atoms with Crippen molar-refractivity contribution in [2.75, 3.05) is 21.0 Å². The smallest absolute Gasteiger partial charge is 0.231 e. The van der Waals surface area contributed by atoms with Gasteiger partial charge in [0.05, 0.1) is 14.2 Å². The van der Waals surface area contributed by atoms with Gasteiger partial charge in [0, 0.05) is 47.9 Å². The number of carbonyl (C=O) groups is 6. The monoisotopic (exact) mass is 886 g/mol. The molecule has 1 aliphatic rings. The largest absolute Gasteiger partial charge is 0.497 e. The predicted molar refractivity (Wildman–Crippen MR) is 228 cm³/mol. The Kier molecular flexibility index (Phi) is 23.1. The summed E-state index contributed by atoms with van der Waals surface area (Å²) in [5.74, 6) is 2.83. The average Bonchev–Trinajstić information content (AvgIpc) is 3.76. The summed E-state index contributed by atoms with van der Waals surface area (Å²) in [5, 5.41) is 1.25. The molecule has 298 valence electrons.